The fourth-order valence-corrected chi connectivity index (χ4v) is 1.55. The first-order valence-electron chi connectivity index (χ1n) is 4.90. The summed E-state index contributed by atoms with van der Waals surface area (Å²) in [6.07, 6.45) is 0.276. The van der Waals surface area contributed by atoms with Crippen LogP contribution in [0.15, 0.2) is 12.1 Å². The van der Waals surface area contributed by atoms with Gasteiger partial charge in [-0.1, -0.05) is 18.5 Å². The molecule has 5 nitrogen and oxygen atoms in total. The second-order valence-electron chi connectivity index (χ2n) is 3.25. The molecule has 0 spiro atoms. The smallest absolute Gasteiger partial charge is 0.335 e. The number of hydrogen-bond donors (Lipinski definition) is 2. The van der Waals surface area contributed by atoms with E-state index in [4.69, 9.17) is 21.4 Å². The Morgan fingerprint density at radius 2 is 2.12 bits per heavy atom. The van der Waals surface area contributed by atoms with E-state index in [1.807, 2.05) is 0 Å². The summed E-state index contributed by atoms with van der Waals surface area (Å²) in [7, 11) is 1.39. The zero-order valence-electron chi connectivity index (χ0n) is 9.41. The summed E-state index contributed by atoms with van der Waals surface area (Å²) in [4.78, 5) is 22.1. The molecule has 0 aromatic heterocycles. The number of benzene rings is 1. The fourth-order valence-electron chi connectivity index (χ4n) is 1.26. The number of amides is 1. The number of carbonyl (C=O) groups excluding carboxylic acids is 1. The maximum absolute atomic E-state index is 11.3. The minimum absolute atomic E-state index is 0.0118. The highest BCUT2D eigenvalue weighted by Crippen LogP contribution is 2.34. The Morgan fingerprint density at radius 3 is 2.59 bits per heavy atom. The highest BCUT2D eigenvalue weighted by Gasteiger charge is 2.15. The lowest BCUT2D eigenvalue weighted by Crippen LogP contribution is -2.11. The van der Waals surface area contributed by atoms with Crippen molar-refractivity contribution in [3.63, 3.8) is 0 Å². The van der Waals surface area contributed by atoms with Crippen molar-refractivity contribution < 1.29 is 19.4 Å². The first-order valence-corrected chi connectivity index (χ1v) is 5.28. The van der Waals surface area contributed by atoms with Gasteiger partial charge in [-0.15, -0.1) is 0 Å². The molecular formula is C11H12ClNO4. The third-order valence-corrected chi connectivity index (χ3v) is 2.37. The third-order valence-electron chi connectivity index (χ3n) is 2.09. The fraction of sp³-hybridized carbons (Fsp3) is 0.273. The quantitative estimate of drug-likeness (QED) is 0.868. The molecule has 0 atom stereocenters. The molecular weight excluding hydrogens is 246 g/mol. The van der Waals surface area contributed by atoms with Crippen LogP contribution in [0.5, 0.6) is 5.75 Å². The summed E-state index contributed by atoms with van der Waals surface area (Å²) in [5, 5.41) is 11.5. The summed E-state index contributed by atoms with van der Waals surface area (Å²) >= 11 is 5.87. The highest BCUT2D eigenvalue weighted by molar-refractivity contribution is 6.33. The van der Waals surface area contributed by atoms with E-state index in [0.717, 1.165) is 0 Å². The number of carbonyl (C=O) groups is 2. The summed E-state index contributed by atoms with van der Waals surface area (Å²) < 4.78 is 5.02. The summed E-state index contributed by atoms with van der Waals surface area (Å²) in [5.74, 6) is -1.12. The number of carboxylic acid groups (broad SMARTS) is 1. The number of halogens is 1. The van der Waals surface area contributed by atoms with Gasteiger partial charge in [-0.05, 0) is 12.1 Å². The molecule has 17 heavy (non-hydrogen) atoms. The second kappa shape index (κ2) is 5.54. The van der Waals surface area contributed by atoms with Crippen molar-refractivity contribution in [2.75, 3.05) is 12.4 Å². The topological polar surface area (TPSA) is 75.6 Å². The van der Waals surface area contributed by atoms with Gasteiger partial charge in [0.25, 0.3) is 0 Å². The third kappa shape index (κ3) is 3.10. The molecule has 1 aromatic rings. The van der Waals surface area contributed by atoms with E-state index in [1.165, 1.54) is 19.2 Å². The van der Waals surface area contributed by atoms with Crippen LogP contribution in [0.25, 0.3) is 0 Å². The highest BCUT2D eigenvalue weighted by atomic mass is 35.5. The molecule has 1 rings (SSSR count). The SMILES string of the molecule is CCC(=O)Nc1cc(C(=O)O)cc(Cl)c1OC. The molecule has 0 radical (unpaired) electrons. The minimum Gasteiger partial charge on any atom is -0.493 e. The van der Waals surface area contributed by atoms with Crippen LogP contribution in [-0.2, 0) is 4.79 Å². The average molecular weight is 258 g/mol. The van der Waals surface area contributed by atoms with Crippen molar-refractivity contribution in [2.24, 2.45) is 0 Å². The molecule has 0 aliphatic heterocycles. The monoisotopic (exact) mass is 257 g/mol. The van der Waals surface area contributed by atoms with E-state index in [1.54, 1.807) is 6.92 Å². The second-order valence-corrected chi connectivity index (χ2v) is 3.65. The van der Waals surface area contributed by atoms with E-state index in [-0.39, 0.29) is 34.4 Å². The van der Waals surface area contributed by atoms with Crippen molar-refractivity contribution >= 4 is 29.2 Å². The number of nitrogens with one attached hydrogen (secondary N) is 1. The van der Waals surface area contributed by atoms with E-state index < -0.39 is 5.97 Å². The molecule has 1 aromatic carbocycles. The summed E-state index contributed by atoms with van der Waals surface area (Å²) in [5.41, 5.74) is 0.242. The van der Waals surface area contributed by atoms with Gasteiger partial charge >= 0.3 is 5.97 Å². The first-order chi connectivity index (χ1) is 7.99. The Balaban J connectivity index is 3.23. The number of carboxylic acids is 1. The van der Waals surface area contributed by atoms with E-state index in [0.29, 0.717) is 0 Å². The maximum atomic E-state index is 11.3. The zero-order chi connectivity index (χ0) is 13.0. The van der Waals surface area contributed by atoms with Crippen LogP contribution in [0.1, 0.15) is 23.7 Å². The summed E-state index contributed by atoms with van der Waals surface area (Å²) in [6, 6.07) is 2.57. The summed E-state index contributed by atoms with van der Waals surface area (Å²) in [6.45, 7) is 1.68. The van der Waals surface area contributed by atoms with E-state index in [9.17, 15) is 9.59 Å². The molecule has 0 aliphatic carbocycles. The van der Waals surface area contributed by atoms with Crippen molar-refractivity contribution in [1.29, 1.82) is 0 Å². The van der Waals surface area contributed by atoms with Gasteiger partial charge in [0.2, 0.25) is 5.91 Å². The van der Waals surface area contributed by atoms with E-state index >= 15 is 0 Å². The van der Waals surface area contributed by atoms with Gasteiger partial charge in [0, 0.05) is 6.42 Å². The van der Waals surface area contributed by atoms with Gasteiger partial charge in [0.1, 0.15) is 0 Å². The molecule has 2 N–H and O–H groups in total. The predicted octanol–water partition coefficient (Wildman–Crippen LogP) is 2.40. The van der Waals surface area contributed by atoms with Crippen LogP contribution in [0.3, 0.4) is 0 Å². The number of methoxy groups -OCH3 is 1. The zero-order valence-corrected chi connectivity index (χ0v) is 10.2. The number of anilines is 1. The lowest BCUT2D eigenvalue weighted by atomic mass is 10.2. The van der Waals surface area contributed by atoms with Crippen LogP contribution < -0.4 is 10.1 Å². The van der Waals surface area contributed by atoms with Crippen molar-refractivity contribution in [2.45, 2.75) is 13.3 Å². The number of ether oxygens (including phenoxy) is 1. The molecule has 1 amide bonds. The first kappa shape index (κ1) is 13.3. The lowest BCUT2D eigenvalue weighted by molar-refractivity contribution is -0.115. The minimum atomic E-state index is -1.12. The van der Waals surface area contributed by atoms with Crippen LogP contribution >= 0.6 is 11.6 Å². The predicted molar refractivity (Wildman–Crippen MR) is 63.9 cm³/mol. The Kier molecular flexibility index (Phi) is 4.34. The van der Waals surface area contributed by atoms with Crippen molar-refractivity contribution in [1.82, 2.24) is 0 Å². The van der Waals surface area contributed by atoms with Gasteiger partial charge in [-0.25, -0.2) is 4.79 Å². The van der Waals surface area contributed by atoms with Gasteiger partial charge in [-0.3, -0.25) is 4.79 Å². The normalized spacial score (nSPS) is 9.82. The van der Waals surface area contributed by atoms with Gasteiger partial charge in [0.05, 0.1) is 23.4 Å². The lowest BCUT2D eigenvalue weighted by Gasteiger charge is -2.12. The Morgan fingerprint density at radius 1 is 1.47 bits per heavy atom. The molecule has 0 fully saturated rings. The molecule has 0 unspecified atom stereocenters. The molecule has 0 bridgehead atoms. The van der Waals surface area contributed by atoms with Crippen LogP contribution in [-0.4, -0.2) is 24.1 Å². The maximum Gasteiger partial charge on any atom is 0.335 e. The molecule has 6 heteroatoms. The van der Waals surface area contributed by atoms with Crippen molar-refractivity contribution in [3.8, 4) is 5.75 Å². The number of hydrogen-bond acceptors (Lipinski definition) is 3. The van der Waals surface area contributed by atoms with Crippen molar-refractivity contribution in [3.05, 3.63) is 22.7 Å². The molecule has 0 heterocycles. The molecule has 0 saturated carbocycles. The number of rotatable bonds is 4. The van der Waals surface area contributed by atoms with E-state index in [2.05, 4.69) is 5.32 Å². The van der Waals surface area contributed by atoms with Crippen LogP contribution in [0.2, 0.25) is 5.02 Å². The molecule has 92 valence electrons. The van der Waals surface area contributed by atoms with Gasteiger partial charge in [0.15, 0.2) is 5.75 Å². The van der Waals surface area contributed by atoms with Crippen LogP contribution in [0.4, 0.5) is 5.69 Å². The van der Waals surface area contributed by atoms with Gasteiger partial charge < -0.3 is 15.2 Å². The Labute approximate surface area is 103 Å². The molecule has 0 aliphatic rings. The van der Waals surface area contributed by atoms with Gasteiger partial charge in [-0.2, -0.15) is 0 Å². The Bertz CT molecular complexity index is 459. The molecule has 0 saturated heterocycles. The van der Waals surface area contributed by atoms with Crippen LogP contribution in [0, 0.1) is 0 Å². The largest absolute Gasteiger partial charge is 0.493 e. The average Bonchev–Trinajstić information content (AvgIpc) is 2.28. The standard InChI is InChI=1S/C11H12ClNO4/c1-3-9(14)13-8-5-6(11(15)16)4-7(12)10(8)17-2/h4-5H,3H2,1-2H3,(H,13,14)(H,15,16). The number of aromatic carboxylic acids is 1. The Hall–Kier alpha value is -1.75.